The molecule has 0 spiro atoms. The number of nitriles is 1. The number of benzene rings is 1. The van der Waals surface area contributed by atoms with E-state index in [1.54, 1.807) is 38.3 Å². The molecule has 1 N–H and O–H groups in total. The molecule has 4 heterocycles. The number of hydrogen-bond donors (Lipinski definition) is 1. The van der Waals surface area contributed by atoms with Crippen molar-refractivity contribution >= 4 is 33.5 Å². The fourth-order valence-electron chi connectivity index (χ4n) is 4.61. The lowest BCUT2D eigenvalue weighted by Crippen LogP contribution is -2.30. The molecule has 5 aromatic rings. The molecule has 1 saturated carbocycles. The Balaban J connectivity index is 1.64. The van der Waals surface area contributed by atoms with Crippen LogP contribution in [0.25, 0.3) is 33.3 Å². The van der Waals surface area contributed by atoms with E-state index in [-0.39, 0.29) is 0 Å². The minimum absolute atomic E-state index is 0.313. The first-order valence-corrected chi connectivity index (χ1v) is 11.6. The van der Waals surface area contributed by atoms with Gasteiger partial charge in [0.15, 0.2) is 5.65 Å². The first-order chi connectivity index (χ1) is 16.9. The number of hydrogen-bond acceptors (Lipinski definition) is 5. The third kappa shape index (κ3) is 3.63. The molecule has 6 rings (SSSR count). The van der Waals surface area contributed by atoms with Crippen LogP contribution in [0.1, 0.15) is 24.0 Å². The zero-order chi connectivity index (χ0) is 24.3. The summed E-state index contributed by atoms with van der Waals surface area (Å²) in [5.74, 6) is 0.405. The summed E-state index contributed by atoms with van der Waals surface area (Å²) in [7, 11) is 1.81. The van der Waals surface area contributed by atoms with Crippen molar-refractivity contribution in [3.8, 4) is 17.5 Å². The molecular formula is C25H20ClN7O2. The SMILES string of the molecule is Cn1cc(C#N)cc1-c1c2c(=O)[nH]c(=O)n(CC3CC3)c2nn1Cc1ccnc2ccc(Cl)cc12. The number of rotatable bonds is 5. The van der Waals surface area contributed by atoms with Gasteiger partial charge in [-0.15, -0.1) is 0 Å². The molecule has 1 aromatic carbocycles. The van der Waals surface area contributed by atoms with E-state index in [0.717, 1.165) is 29.3 Å². The van der Waals surface area contributed by atoms with E-state index in [1.165, 1.54) is 0 Å². The Morgan fingerprint density at radius 1 is 1.23 bits per heavy atom. The van der Waals surface area contributed by atoms with Crippen molar-refractivity contribution < 1.29 is 0 Å². The number of halogens is 1. The summed E-state index contributed by atoms with van der Waals surface area (Å²) in [6.45, 7) is 0.820. The molecule has 4 aromatic heterocycles. The monoisotopic (exact) mass is 485 g/mol. The van der Waals surface area contributed by atoms with E-state index < -0.39 is 11.2 Å². The molecule has 0 saturated heterocycles. The molecule has 0 bridgehead atoms. The lowest BCUT2D eigenvalue weighted by molar-refractivity contribution is 0.598. The standard InChI is InChI=1S/C25H20ClN7O2/c1-31-11-15(10-27)8-20(31)22-21-23(32(12-14-2-3-14)25(35)29-24(21)34)30-33(22)13-16-6-7-28-19-5-4-17(26)9-18(16)19/h4-9,11,14H,2-3,12-13H2,1H3,(H,29,34,35). The number of aromatic amines is 1. The van der Waals surface area contributed by atoms with Gasteiger partial charge < -0.3 is 4.57 Å². The molecule has 174 valence electrons. The van der Waals surface area contributed by atoms with Gasteiger partial charge in [0.2, 0.25) is 0 Å². The van der Waals surface area contributed by atoms with Crippen LogP contribution in [0.5, 0.6) is 0 Å². The highest BCUT2D eigenvalue weighted by atomic mass is 35.5. The van der Waals surface area contributed by atoms with Gasteiger partial charge in [0.05, 0.1) is 23.3 Å². The molecule has 10 heteroatoms. The van der Waals surface area contributed by atoms with Crippen LogP contribution in [-0.4, -0.2) is 28.9 Å². The van der Waals surface area contributed by atoms with Crippen LogP contribution in [0.3, 0.4) is 0 Å². The fourth-order valence-corrected chi connectivity index (χ4v) is 4.78. The Morgan fingerprint density at radius 3 is 2.80 bits per heavy atom. The molecule has 0 amide bonds. The molecule has 1 aliphatic carbocycles. The zero-order valence-corrected chi connectivity index (χ0v) is 19.6. The second kappa shape index (κ2) is 7.96. The number of pyridine rings is 1. The largest absolute Gasteiger partial charge is 0.348 e. The van der Waals surface area contributed by atoms with Crippen LogP contribution < -0.4 is 11.2 Å². The molecule has 0 atom stereocenters. The third-order valence-electron chi connectivity index (χ3n) is 6.51. The van der Waals surface area contributed by atoms with E-state index in [0.29, 0.717) is 52.0 Å². The molecule has 0 aliphatic heterocycles. The maximum atomic E-state index is 13.1. The summed E-state index contributed by atoms with van der Waals surface area (Å²) >= 11 is 6.27. The van der Waals surface area contributed by atoms with Gasteiger partial charge in [-0.05, 0) is 54.7 Å². The van der Waals surface area contributed by atoms with Crippen LogP contribution in [0.2, 0.25) is 5.02 Å². The predicted molar refractivity (Wildman–Crippen MR) is 132 cm³/mol. The van der Waals surface area contributed by atoms with E-state index in [4.69, 9.17) is 16.7 Å². The molecule has 1 fully saturated rings. The highest BCUT2D eigenvalue weighted by Crippen LogP contribution is 2.33. The average Bonchev–Trinajstić information content (AvgIpc) is 3.47. The van der Waals surface area contributed by atoms with Gasteiger partial charge in [0.25, 0.3) is 5.56 Å². The van der Waals surface area contributed by atoms with Gasteiger partial charge in [-0.25, -0.2) is 4.79 Å². The smallest absolute Gasteiger partial charge is 0.330 e. The van der Waals surface area contributed by atoms with Crippen molar-refractivity contribution in [2.45, 2.75) is 25.9 Å². The summed E-state index contributed by atoms with van der Waals surface area (Å²) < 4.78 is 5.09. The minimum atomic E-state index is -0.499. The van der Waals surface area contributed by atoms with Gasteiger partial charge in [-0.3, -0.25) is 24.0 Å². The van der Waals surface area contributed by atoms with Crippen molar-refractivity contribution in [2.75, 3.05) is 0 Å². The number of H-pyrrole nitrogens is 1. The lowest BCUT2D eigenvalue weighted by atomic mass is 10.1. The quantitative estimate of drug-likeness (QED) is 0.409. The van der Waals surface area contributed by atoms with Crippen molar-refractivity contribution in [3.05, 3.63) is 79.7 Å². The molecule has 0 radical (unpaired) electrons. The number of nitrogens with zero attached hydrogens (tertiary/aromatic N) is 6. The third-order valence-corrected chi connectivity index (χ3v) is 6.75. The lowest BCUT2D eigenvalue weighted by Gasteiger charge is -2.11. The summed E-state index contributed by atoms with van der Waals surface area (Å²) in [4.78, 5) is 32.8. The van der Waals surface area contributed by atoms with Gasteiger partial charge >= 0.3 is 5.69 Å². The molecule has 1 aliphatic rings. The minimum Gasteiger partial charge on any atom is -0.348 e. The first kappa shape index (κ1) is 21.4. The summed E-state index contributed by atoms with van der Waals surface area (Å²) in [6.07, 6.45) is 5.52. The van der Waals surface area contributed by atoms with Crippen molar-refractivity contribution in [1.29, 1.82) is 5.26 Å². The van der Waals surface area contributed by atoms with Crippen molar-refractivity contribution in [3.63, 3.8) is 0 Å². The molecule has 35 heavy (non-hydrogen) atoms. The summed E-state index contributed by atoms with van der Waals surface area (Å²) in [5, 5.41) is 16.1. The molecule has 9 nitrogen and oxygen atoms in total. The van der Waals surface area contributed by atoms with Gasteiger partial charge in [-0.1, -0.05) is 11.6 Å². The zero-order valence-electron chi connectivity index (χ0n) is 18.8. The number of aromatic nitrogens is 6. The summed E-state index contributed by atoms with van der Waals surface area (Å²) in [6, 6.07) is 11.3. The Morgan fingerprint density at radius 2 is 2.06 bits per heavy atom. The van der Waals surface area contributed by atoms with Crippen LogP contribution >= 0.6 is 11.6 Å². The normalized spacial score (nSPS) is 13.5. The van der Waals surface area contributed by atoms with Gasteiger partial charge in [-0.2, -0.15) is 10.4 Å². The number of aryl methyl sites for hydroxylation is 1. The number of fused-ring (bicyclic) bond motifs is 2. The fraction of sp³-hybridized carbons (Fsp3) is 0.240. The molecular weight excluding hydrogens is 466 g/mol. The Hall–Kier alpha value is -4.16. The Bertz CT molecular complexity index is 1800. The van der Waals surface area contributed by atoms with Crippen LogP contribution in [0.4, 0.5) is 0 Å². The van der Waals surface area contributed by atoms with E-state index in [2.05, 4.69) is 16.0 Å². The number of nitrogens with one attached hydrogen (secondary N) is 1. The van der Waals surface area contributed by atoms with E-state index in [9.17, 15) is 14.9 Å². The highest BCUT2D eigenvalue weighted by Gasteiger charge is 2.27. The van der Waals surface area contributed by atoms with Crippen molar-refractivity contribution in [1.82, 2.24) is 28.9 Å². The Kier molecular flexibility index (Phi) is 4.86. The second-order valence-electron chi connectivity index (χ2n) is 8.99. The van der Waals surface area contributed by atoms with Gasteiger partial charge in [0, 0.05) is 36.4 Å². The maximum Gasteiger partial charge on any atom is 0.330 e. The first-order valence-electron chi connectivity index (χ1n) is 11.3. The highest BCUT2D eigenvalue weighted by molar-refractivity contribution is 6.31. The van der Waals surface area contributed by atoms with Crippen LogP contribution in [0.15, 0.2) is 52.3 Å². The molecule has 0 unspecified atom stereocenters. The van der Waals surface area contributed by atoms with Gasteiger partial charge in [0.1, 0.15) is 17.1 Å². The van der Waals surface area contributed by atoms with Crippen LogP contribution in [0, 0.1) is 17.2 Å². The van der Waals surface area contributed by atoms with E-state index in [1.807, 2.05) is 25.2 Å². The maximum absolute atomic E-state index is 13.1. The Labute approximate surface area is 203 Å². The average molecular weight is 486 g/mol. The second-order valence-corrected chi connectivity index (χ2v) is 9.42. The van der Waals surface area contributed by atoms with Crippen molar-refractivity contribution in [2.24, 2.45) is 13.0 Å². The van der Waals surface area contributed by atoms with Crippen LogP contribution in [-0.2, 0) is 20.1 Å². The predicted octanol–water partition coefficient (Wildman–Crippen LogP) is 3.42. The summed E-state index contributed by atoms with van der Waals surface area (Å²) in [5.41, 5.74) is 2.75. The van der Waals surface area contributed by atoms with E-state index >= 15 is 0 Å². The topological polar surface area (TPSA) is 114 Å².